The number of carbonyl (C=O) groups is 1. The van der Waals surface area contributed by atoms with Gasteiger partial charge in [0.15, 0.2) is 0 Å². The summed E-state index contributed by atoms with van der Waals surface area (Å²) in [6.45, 7) is 0.943. The van der Waals surface area contributed by atoms with Crippen molar-refractivity contribution >= 4 is 17.3 Å². The van der Waals surface area contributed by atoms with Crippen LogP contribution in [0.3, 0.4) is 0 Å². The third-order valence-electron chi connectivity index (χ3n) is 3.26. The molecular weight excluding hydrogens is 262 g/mol. The van der Waals surface area contributed by atoms with Crippen LogP contribution in [-0.4, -0.2) is 30.5 Å². The van der Waals surface area contributed by atoms with Crippen LogP contribution in [-0.2, 0) is 4.79 Å². The molecule has 20 heavy (non-hydrogen) atoms. The van der Waals surface area contributed by atoms with Crippen molar-refractivity contribution in [2.24, 2.45) is 0 Å². The highest BCUT2D eigenvalue weighted by atomic mass is 16.6. The zero-order valence-electron chi connectivity index (χ0n) is 11.2. The molecule has 0 spiro atoms. The number of benzene rings is 1. The van der Waals surface area contributed by atoms with Crippen molar-refractivity contribution in [3.05, 3.63) is 28.3 Å². The van der Waals surface area contributed by atoms with Gasteiger partial charge in [-0.3, -0.25) is 14.9 Å². The highest BCUT2D eigenvalue weighted by Crippen LogP contribution is 2.29. The van der Waals surface area contributed by atoms with Crippen LogP contribution in [0.25, 0.3) is 0 Å². The van der Waals surface area contributed by atoms with Crippen molar-refractivity contribution < 1.29 is 14.5 Å². The first kappa shape index (κ1) is 14.3. The lowest BCUT2D eigenvalue weighted by molar-refractivity contribution is -0.384. The Balaban J connectivity index is 2.04. The van der Waals surface area contributed by atoms with E-state index < -0.39 is 4.92 Å². The first-order chi connectivity index (χ1) is 9.60. The van der Waals surface area contributed by atoms with E-state index in [1.807, 2.05) is 0 Å². The number of amides is 1. The monoisotopic (exact) mass is 279 g/mol. The summed E-state index contributed by atoms with van der Waals surface area (Å²) < 4.78 is 5.07. The standard InChI is InChI=1S/C13H17N3O4/c1-20-12-8-10(16(18)19)4-5-11(12)15-13(17)7-9-3-2-6-14-9/h4-5,8-9,14H,2-3,6-7H2,1H3,(H,15,17). The number of anilines is 1. The molecule has 2 N–H and O–H groups in total. The van der Waals surface area contributed by atoms with E-state index in [1.54, 1.807) is 0 Å². The van der Waals surface area contributed by atoms with Crippen LogP contribution < -0.4 is 15.4 Å². The van der Waals surface area contributed by atoms with E-state index in [1.165, 1.54) is 25.3 Å². The van der Waals surface area contributed by atoms with Gasteiger partial charge in [0.05, 0.1) is 23.8 Å². The number of non-ortho nitro benzene ring substituents is 1. The fourth-order valence-electron chi connectivity index (χ4n) is 2.25. The fourth-order valence-corrected chi connectivity index (χ4v) is 2.25. The highest BCUT2D eigenvalue weighted by molar-refractivity contribution is 5.92. The van der Waals surface area contributed by atoms with Gasteiger partial charge in [-0.15, -0.1) is 0 Å². The predicted molar refractivity (Wildman–Crippen MR) is 73.9 cm³/mol. The topological polar surface area (TPSA) is 93.5 Å². The van der Waals surface area contributed by atoms with Gasteiger partial charge in [-0.05, 0) is 25.5 Å². The maximum atomic E-state index is 11.9. The minimum Gasteiger partial charge on any atom is -0.494 e. The van der Waals surface area contributed by atoms with Gasteiger partial charge in [-0.25, -0.2) is 0 Å². The van der Waals surface area contributed by atoms with E-state index >= 15 is 0 Å². The Morgan fingerprint density at radius 2 is 2.40 bits per heavy atom. The Labute approximate surface area is 116 Å². The van der Waals surface area contributed by atoms with Crippen LogP contribution in [0.4, 0.5) is 11.4 Å². The molecule has 1 fully saturated rings. The summed E-state index contributed by atoms with van der Waals surface area (Å²) in [5, 5.41) is 16.7. The molecule has 0 aromatic heterocycles. The molecule has 1 unspecified atom stereocenters. The fraction of sp³-hybridized carbons (Fsp3) is 0.462. The number of ether oxygens (including phenoxy) is 1. The van der Waals surface area contributed by atoms with Crippen molar-refractivity contribution in [1.29, 1.82) is 0 Å². The molecule has 1 saturated heterocycles. The van der Waals surface area contributed by atoms with Gasteiger partial charge in [-0.2, -0.15) is 0 Å². The molecule has 1 aromatic carbocycles. The molecule has 1 atom stereocenters. The Kier molecular flexibility index (Phi) is 4.52. The van der Waals surface area contributed by atoms with Gasteiger partial charge in [-0.1, -0.05) is 0 Å². The summed E-state index contributed by atoms with van der Waals surface area (Å²) in [5.41, 5.74) is 0.374. The van der Waals surface area contributed by atoms with Crippen LogP contribution in [0.5, 0.6) is 5.75 Å². The number of hydrogen-bond acceptors (Lipinski definition) is 5. The van der Waals surface area contributed by atoms with Crippen LogP contribution in [0.1, 0.15) is 19.3 Å². The molecule has 1 aliphatic heterocycles. The number of carbonyl (C=O) groups excluding carboxylic acids is 1. The lowest BCUT2D eigenvalue weighted by atomic mass is 10.1. The van der Waals surface area contributed by atoms with E-state index in [-0.39, 0.29) is 23.4 Å². The number of nitrogens with zero attached hydrogens (tertiary/aromatic N) is 1. The van der Waals surface area contributed by atoms with Crippen LogP contribution in [0.15, 0.2) is 18.2 Å². The highest BCUT2D eigenvalue weighted by Gasteiger charge is 2.19. The number of nitrogens with one attached hydrogen (secondary N) is 2. The second kappa shape index (κ2) is 6.33. The Morgan fingerprint density at radius 1 is 1.60 bits per heavy atom. The molecule has 0 bridgehead atoms. The molecule has 7 nitrogen and oxygen atoms in total. The molecule has 1 heterocycles. The SMILES string of the molecule is COc1cc([N+](=O)[O-])ccc1NC(=O)CC1CCCN1. The van der Waals surface area contributed by atoms with Gasteiger partial charge in [0.25, 0.3) is 5.69 Å². The summed E-state index contributed by atoms with van der Waals surface area (Å²) in [4.78, 5) is 22.1. The minimum absolute atomic E-state index is 0.0719. The van der Waals surface area contributed by atoms with Gasteiger partial charge in [0.1, 0.15) is 5.75 Å². The van der Waals surface area contributed by atoms with Crippen LogP contribution in [0, 0.1) is 10.1 Å². The number of rotatable bonds is 5. The smallest absolute Gasteiger partial charge is 0.273 e. The number of methoxy groups -OCH3 is 1. The van der Waals surface area contributed by atoms with Gasteiger partial charge < -0.3 is 15.4 Å². The van der Waals surface area contributed by atoms with Gasteiger partial charge in [0.2, 0.25) is 5.91 Å². The maximum Gasteiger partial charge on any atom is 0.273 e. The van der Waals surface area contributed by atoms with E-state index in [4.69, 9.17) is 4.74 Å². The quantitative estimate of drug-likeness (QED) is 0.632. The molecule has 7 heteroatoms. The first-order valence-corrected chi connectivity index (χ1v) is 6.46. The molecule has 0 radical (unpaired) electrons. The normalized spacial score (nSPS) is 17.8. The zero-order chi connectivity index (χ0) is 14.5. The average Bonchev–Trinajstić information content (AvgIpc) is 2.91. The largest absolute Gasteiger partial charge is 0.494 e. The molecule has 1 aromatic rings. The lowest BCUT2D eigenvalue weighted by Gasteiger charge is -2.12. The molecule has 1 aliphatic rings. The second-order valence-electron chi connectivity index (χ2n) is 4.69. The van der Waals surface area contributed by atoms with Crippen molar-refractivity contribution in [1.82, 2.24) is 5.32 Å². The van der Waals surface area contributed by atoms with E-state index in [2.05, 4.69) is 10.6 Å². The maximum absolute atomic E-state index is 11.9. The van der Waals surface area contributed by atoms with Gasteiger partial charge in [0, 0.05) is 18.5 Å². The summed E-state index contributed by atoms with van der Waals surface area (Å²) in [7, 11) is 1.41. The predicted octanol–water partition coefficient (Wildman–Crippen LogP) is 1.68. The van der Waals surface area contributed by atoms with Gasteiger partial charge >= 0.3 is 0 Å². The van der Waals surface area contributed by atoms with Crippen LogP contribution >= 0.6 is 0 Å². The molecule has 108 valence electrons. The second-order valence-corrected chi connectivity index (χ2v) is 4.69. The minimum atomic E-state index is -0.503. The molecular formula is C13H17N3O4. The molecule has 0 saturated carbocycles. The van der Waals surface area contributed by atoms with Crippen molar-refractivity contribution in [2.75, 3.05) is 19.0 Å². The first-order valence-electron chi connectivity index (χ1n) is 6.46. The molecule has 1 amide bonds. The Bertz CT molecular complexity index is 512. The summed E-state index contributed by atoms with van der Waals surface area (Å²) in [6.07, 6.45) is 2.46. The van der Waals surface area contributed by atoms with E-state index in [0.717, 1.165) is 19.4 Å². The van der Waals surface area contributed by atoms with E-state index in [0.29, 0.717) is 12.1 Å². The zero-order valence-corrected chi connectivity index (χ0v) is 11.2. The number of hydrogen-bond donors (Lipinski definition) is 2. The lowest BCUT2D eigenvalue weighted by Crippen LogP contribution is -2.27. The van der Waals surface area contributed by atoms with Crippen LogP contribution in [0.2, 0.25) is 0 Å². The third kappa shape index (κ3) is 3.45. The summed E-state index contributed by atoms with van der Waals surface area (Å²) in [5.74, 6) is 0.156. The number of nitro benzene ring substituents is 1. The Hall–Kier alpha value is -2.15. The van der Waals surface area contributed by atoms with Crippen molar-refractivity contribution in [3.63, 3.8) is 0 Å². The summed E-state index contributed by atoms with van der Waals surface area (Å²) in [6, 6.07) is 4.32. The average molecular weight is 279 g/mol. The number of nitro groups is 1. The molecule has 0 aliphatic carbocycles. The third-order valence-corrected chi connectivity index (χ3v) is 3.26. The van der Waals surface area contributed by atoms with Crippen molar-refractivity contribution in [2.45, 2.75) is 25.3 Å². The molecule has 2 rings (SSSR count). The van der Waals surface area contributed by atoms with Crippen molar-refractivity contribution in [3.8, 4) is 5.75 Å². The van der Waals surface area contributed by atoms with E-state index in [9.17, 15) is 14.9 Å². The summed E-state index contributed by atoms with van der Waals surface area (Å²) >= 11 is 0. The Morgan fingerprint density at radius 3 is 3.00 bits per heavy atom.